The number of aromatic nitrogens is 2. The van der Waals surface area contributed by atoms with E-state index in [-0.39, 0.29) is 11.5 Å². The Morgan fingerprint density at radius 2 is 1.70 bits per heavy atom. The standard InChI is InChI=1S/C21H21BrN6O2/c22-17-6-8-18(9-7-17)25-20-19(28(29)30)21(24-15-23-20)27-12-10-26(11-13-27)14-16-4-2-1-3-5-16/h1-9,15H,10-14H2,(H,23,24,25). The Morgan fingerprint density at radius 3 is 2.37 bits per heavy atom. The molecule has 154 valence electrons. The number of nitrogens with zero attached hydrogens (tertiary/aromatic N) is 5. The minimum atomic E-state index is -0.410. The number of benzene rings is 2. The molecule has 1 aromatic heterocycles. The molecule has 4 rings (SSSR count). The van der Waals surface area contributed by atoms with Gasteiger partial charge in [0.2, 0.25) is 11.6 Å². The van der Waals surface area contributed by atoms with E-state index in [1.54, 1.807) is 0 Å². The van der Waals surface area contributed by atoms with Gasteiger partial charge >= 0.3 is 5.69 Å². The number of piperazine rings is 1. The van der Waals surface area contributed by atoms with Crippen LogP contribution in [-0.4, -0.2) is 46.0 Å². The Hall–Kier alpha value is -3.04. The van der Waals surface area contributed by atoms with Crippen LogP contribution in [0, 0.1) is 10.1 Å². The SMILES string of the molecule is O=[N+]([O-])c1c(Nc2ccc(Br)cc2)ncnc1N1CCN(Cc2ccccc2)CC1. The van der Waals surface area contributed by atoms with Crippen LogP contribution >= 0.6 is 15.9 Å². The zero-order valence-corrected chi connectivity index (χ0v) is 17.8. The lowest BCUT2D eigenvalue weighted by Gasteiger charge is -2.35. The molecule has 0 spiro atoms. The van der Waals surface area contributed by atoms with Crippen molar-refractivity contribution in [1.29, 1.82) is 0 Å². The average molecular weight is 469 g/mol. The molecule has 0 saturated carbocycles. The zero-order chi connectivity index (χ0) is 20.9. The molecule has 0 bridgehead atoms. The molecule has 1 aliphatic rings. The van der Waals surface area contributed by atoms with Crippen LogP contribution < -0.4 is 10.2 Å². The van der Waals surface area contributed by atoms with Crippen LogP contribution in [0.5, 0.6) is 0 Å². The number of halogens is 1. The molecule has 1 fully saturated rings. The first kappa shape index (κ1) is 20.2. The second-order valence-electron chi connectivity index (χ2n) is 7.03. The first-order chi connectivity index (χ1) is 14.6. The fraction of sp³-hybridized carbons (Fsp3) is 0.238. The lowest BCUT2D eigenvalue weighted by atomic mass is 10.2. The highest BCUT2D eigenvalue weighted by atomic mass is 79.9. The third kappa shape index (κ3) is 4.74. The van der Waals surface area contributed by atoms with E-state index in [4.69, 9.17) is 0 Å². The van der Waals surface area contributed by atoms with Gasteiger partial charge in [0.05, 0.1) is 4.92 Å². The maximum atomic E-state index is 11.9. The third-order valence-electron chi connectivity index (χ3n) is 5.01. The quantitative estimate of drug-likeness (QED) is 0.428. The van der Waals surface area contributed by atoms with Gasteiger partial charge in [-0.1, -0.05) is 46.3 Å². The van der Waals surface area contributed by atoms with E-state index in [2.05, 4.69) is 48.2 Å². The van der Waals surface area contributed by atoms with Crippen molar-refractivity contribution < 1.29 is 4.92 Å². The Morgan fingerprint density at radius 1 is 1.00 bits per heavy atom. The highest BCUT2D eigenvalue weighted by molar-refractivity contribution is 9.10. The molecule has 1 saturated heterocycles. The average Bonchev–Trinajstić information content (AvgIpc) is 2.76. The number of nitrogens with one attached hydrogen (secondary N) is 1. The second-order valence-corrected chi connectivity index (χ2v) is 7.95. The molecule has 2 heterocycles. The summed E-state index contributed by atoms with van der Waals surface area (Å²) in [5.41, 5.74) is 1.88. The number of hydrogen-bond donors (Lipinski definition) is 1. The van der Waals surface area contributed by atoms with Gasteiger partial charge in [0.15, 0.2) is 0 Å². The van der Waals surface area contributed by atoms with Gasteiger partial charge < -0.3 is 10.2 Å². The fourth-order valence-corrected chi connectivity index (χ4v) is 3.75. The van der Waals surface area contributed by atoms with E-state index in [1.165, 1.54) is 11.9 Å². The number of rotatable bonds is 6. The number of nitro groups is 1. The molecule has 0 radical (unpaired) electrons. The molecule has 0 unspecified atom stereocenters. The number of hydrogen-bond acceptors (Lipinski definition) is 7. The molecule has 1 N–H and O–H groups in total. The molecule has 1 aliphatic heterocycles. The molecule has 9 heteroatoms. The molecule has 3 aromatic rings. The summed E-state index contributed by atoms with van der Waals surface area (Å²) in [5, 5.41) is 14.9. The van der Waals surface area contributed by atoms with Crippen LogP contribution in [0.3, 0.4) is 0 Å². The molecule has 0 atom stereocenters. The van der Waals surface area contributed by atoms with E-state index in [1.807, 2.05) is 47.4 Å². The molecule has 8 nitrogen and oxygen atoms in total. The van der Waals surface area contributed by atoms with Gasteiger partial charge in [0, 0.05) is 42.9 Å². The summed E-state index contributed by atoms with van der Waals surface area (Å²) in [7, 11) is 0. The fourth-order valence-electron chi connectivity index (χ4n) is 3.49. The maximum absolute atomic E-state index is 11.9. The lowest BCUT2D eigenvalue weighted by Crippen LogP contribution is -2.46. The topological polar surface area (TPSA) is 87.4 Å². The summed E-state index contributed by atoms with van der Waals surface area (Å²) < 4.78 is 0.930. The highest BCUT2D eigenvalue weighted by Gasteiger charge is 2.29. The Labute approximate surface area is 182 Å². The van der Waals surface area contributed by atoms with Crippen LogP contribution in [0.2, 0.25) is 0 Å². The van der Waals surface area contributed by atoms with E-state index in [9.17, 15) is 10.1 Å². The van der Waals surface area contributed by atoms with Crippen molar-refractivity contribution >= 4 is 38.9 Å². The summed E-state index contributed by atoms with van der Waals surface area (Å²) in [6.07, 6.45) is 1.37. The monoisotopic (exact) mass is 468 g/mol. The van der Waals surface area contributed by atoms with Crippen molar-refractivity contribution in [3.63, 3.8) is 0 Å². The Kier molecular flexibility index (Phi) is 6.20. The molecular formula is C21H21BrN6O2. The third-order valence-corrected chi connectivity index (χ3v) is 5.54. The largest absolute Gasteiger partial charge is 0.353 e. The molecule has 0 amide bonds. The zero-order valence-electron chi connectivity index (χ0n) is 16.2. The minimum Gasteiger partial charge on any atom is -0.348 e. The Balaban J connectivity index is 1.50. The summed E-state index contributed by atoms with van der Waals surface area (Å²) in [6, 6.07) is 17.7. The summed E-state index contributed by atoms with van der Waals surface area (Å²) in [5.74, 6) is 0.549. The summed E-state index contributed by atoms with van der Waals surface area (Å²) in [6.45, 7) is 3.83. The lowest BCUT2D eigenvalue weighted by molar-refractivity contribution is -0.383. The van der Waals surface area contributed by atoms with Crippen molar-refractivity contribution in [3.05, 3.63) is 81.1 Å². The van der Waals surface area contributed by atoms with Crippen molar-refractivity contribution in [3.8, 4) is 0 Å². The number of anilines is 3. The van der Waals surface area contributed by atoms with Crippen molar-refractivity contribution in [2.24, 2.45) is 0 Å². The van der Waals surface area contributed by atoms with Gasteiger partial charge in [-0.25, -0.2) is 9.97 Å². The Bertz CT molecular complexity index is 1010. The second kappa shape index (κ2) is 9.19. The highest BCUT2D eigenvalue weighted by Crippen LogP contribution is 2.34. The first-order valence-corrected chi connectivity index (χ1v) is 10.4. The maximum Gasteiger partial charge on any atom is 0.353 e. The van der Waals surface area contributed by atoms with Gasteiger partial charge in [0.25, 0.3) is 0 Å². The predicted octanol–water partition coefficient (Wildman–Crippen LogP) is 4.21. The molecule has 30 heavy (non-hydrogen) atoms. The normalized spacial score (nSPS) is 14.5. The minimum absolute atomic E-state index is 0.100. The van der Waals surface area contributed by atoms with Crippen molar-refractivity contribution in [1.82, 2.24) is 14.9 Å². The van der Waals surface area contributed by atoms with Crippen LogP contribution in [0.25, 0.3) is 0 Å². The van der Waals surface area contributed by atoms with E-state index in [0.717, 1.165) is 29.8 Å². The van der Waals surface area contributed by atoms with E-state index in [0.29, 0.717) is 18.9 Å². The van der Waals surface area contributed by atoms with Gasteiger partial charge in [-0.15, -0.1) is 0 Å². The van der Waals surface area contributed by atoms with Crippen molar-refractivity contribution in [2.45, 2.75) is 6.54 Å². The van der Waals surface area contributed by atoms with Gasteiger partial charge in [-0.05, 0) is 29.8 Å². The summed E-state index contributed by atoms with van der Waals surface area (Å²) >= 11 is 3.39. The molecule has 0 aliphatic carbocycles. The van der Waals surface area contributed by atoms with Crippen LogP contribution in [0.15, 0.2) is 65.4 Å². The van der Waals surface area contributed by atoms with Crippen LogP contribution in [0.1, 0.15) is 5.56 Å². The first-order valence-electron chi connectivity index (χ1n) is 9.63. The van der Waals surface area contributed by atoms with Gasteiger partial charge in [-0.3, -0.25) is 15.0 Å². The van der Waals surface area contributed by atoms with Crippen LogP contribution in [0.4, 0.5) is 23.0 Å². The molecule has 2 aromatic carbocycles. The van der Waals surface area contributed by atoms with Crippen molar-refractivity contribution in [2.75, 3.05) is 36.4 Å². The summed E-state index contributed by atoms with van der Waals surface area (Å²) in [4.78, 5) is 24.2. The van der Waals surface area contributed by atoms with Gasteiger partial charge in [-0.2, -0.15) is 0 Å². The smallest absolute Gasteiger partial charge is 0.348 e. The van der Waals surface area contributed by atoms with E-state index < -0.39 is 4.92 Å². The predicted molar refractivity (Wildman–Crippen MR) is 120 cm³/mol. The van der Waals surface area contributed by atoms with Gasteiger partial charge in [0.1, 0.15) is 6.33 Å². The van der Waals surface area contributed by atoms with E-state index >= 15 is 0 Å². The molecular weight excluding hydrogens is 448 g/mol. The van der Waals surface area contributed by atoms with Crippen LogP contribution in [-0.2, 0) is 6.54 Å².